The number of carboxylic acids is 4. The highest BCUT2D eigenvalue weighted by Crippen LogP contribution is 2.24. The lowest BCUT2D eigenvalue weighted by molar-refractivity contribution is -0.138. The van der Waals surface area contributed by atoms with Crippen LogP contribution in [0.5, 0.6) is 0 Å². The molecule has 0 radical (unpaired) electrons. The summed E-state index contributed by atoms with van der Waals surface area (Å²) < 4.78 is 0. The maximum absolute atomic E-state index is 11.6. The van der Waals surface area contributed by atoms with Gasteiger partial charge in [0.2, 0.25) is 0 Å². The zero-order valence-electron chi connectivity index (χ0n) is 27.4. The van der Waals surface area contributed by atoms with Crippen molar-refractivity contribution >= 4 is 48.2 Å². The molecule has 5 rings (SSSR count). The van der Waals surface area contributed by atoms with Gasteiger partial charge in [-0.3, -0.25) is 19.2 Å². The molecule has 0 saturated carbocycles. The van der Waals surface area contributed by atoms with E-state index in [4.69, 9.17) is 0 Å². The quantitative estimate of drug-likeness (QED) is 0.0992. The molecule has 0 aromatic carbocycles. The molecule has 4 aromatic rings. The van der Waals surface area contributed by atoms with Gasteiger partial charge in [0.1, 0.15) is 0 Å². The molecule has 1 aliphatic rings. The summed E-state index contributed by atoms with van der Waals surface area (Å²) in [6.45, 7) is 7.67. The first kappa shape index (κ1) is 33.8. The molecule has 0 aliphatic carbocycles. The highest BCUT2D eigenvalue weighted by Gasteiger charge is 2.19. The maximum atomic E-state index is 11.6. The number of H-pyrrole nitrogens is 4. The summed E-state index contributed by atoms with van der Waals surface area (Å²) in [6.07, 6.45) is 8.48. The van der Waals surface area contributed by atoms with E-state index in [1.807, 2.05) is 52.0 Å². The van der Waals surface area contributed by atoms with E-state index < -0.39 is 23.9 Å². The van der Waals surface area contributed by atoms with Gasteiger partial charge < -0.3 is 40.4 Å². The van der Waals surface area contributed by atoms with Gasteiger partial charge in [0.05, 0.1) is 0 Å². The predicted molar refractivity (Wildman–Crippen MR) is 179 cm³/mol. The molecule has 1 aliphatic heterocycles. The largest absolute Gasteiger partial charge is 0.481 e. The summed E-state index contributed by atoms with van der Waals surface area (Å²) in [7, 11) is 0. The molecule has 4 aromatic heterocycles. The van der Waals surface area contributed by atoms with Crippen LogP contribution in [0.4, 0.5) is 0 Å². The van der Waals surface area contributed by atoms with Gasteiger partial charge in [0.15, 0.2) is 0 Å². The summed E-state index contributed by atoms with van der Waals surface area (Å²) >= 11 is 0. The number of aliphatic carboxylic acids is 4. The van der Waals surface area contributed by atoms with Crippen LogP contribution >= 0.6 is 0 Å². The van der Waals surface area contributed by atoms with Gasteiger partial charge in [0.25, 0.3) is 0 Å². The number of hydrogen-bond donors (Lipinski definition) is 8. The van der Waals surface area contributed by atoms with Crippen molar-refractivity contribution in [3.05, 3.63) is 88.7 Å². The lowest BCUT2D eigenvalue weighted by atomic mass is 10.0. The second-order valence-corrected chi connectivity index (χ2v) is 12.4. The van der Waals surface area contributed by atoms with Gasteiger partial charge in [-0.15, -0.1) is 0 Å². The van der Waals surface area contributed by atoms with Crippen LogP contribution in [0.15, 0.2) is 0 Å². The second-order valence-electron chi connectivity index (χ2n) is 12.4. The molecule has 8 N–H and O–H groups in total. The van der Waals surface area contributed by atoms with Crippen LogP contribution in [-0.4, -0.2) is 64.2 Å². The fourth-order valence-corrected chi connectivity index (χ4v) is 6.58. The number of aromatic nitrogens is 4. The number of aromatic amines is 4. The number of rotatable bonds is 12. The Morgan fingerprint density at radius 3 is 1.02 bits per heavy atom. The topological polar surface area (TPSA) is 212 Å². The van der Waals surface area contributed by atoms with E-state index in [-0.39, 0.29) is 51.4 Å². The first-order valence-corrected chi connectivity index (χ1v) is 15.8. The minimum atomic E-state index is -0.922. The van der Waals surface area contributed by atoms with E-state index in [1.165, 1.54) is 0 Å². The molecule has 12 heteroatoms. The molecule has 5 heterocycles. The van der Waals surface area contributed by atoms with Gasteiger partial charge in [-0.25, -0.2) is 0 Å². The first-order chi connectivity index (χ1) is 22.7. The molecular weight excluding hydrogens is 616 g/mol. The fraction of sp³-hybridized carbons (Fsp3) is 0.333. The average molecular weight is 657 g/mol. The van der Waals surface area contributed by atoms with E-state index in [9.17, 15) is 39.6 Å². The Bertz CT molecular complexity index is 2050. The maximum Gasteiger partial charge on any atom is 0.303 e. The van der Waals surface area contributed by atoms with E-state index in [0.29, 0.717) is 22.1 Å². The monoisotopic (exact) mass is 656 g/mol. The van der Waals surface area contributed by atoms with Crippen molar-refractivity contribution in [1.29, 1.82) is 0 Å². The van der Waals surface area contributed by atoms with Crippen molar-refractivity contribution in [1.82, 2.24) is 19.9 Å². The molecule has 0 spiro atoms. The van der Waals surface area contributed by atoms with E-state index in [0.717, 1.165) is 66.6 Å². The molecule has 252 valence electrons. The SMILES string of the molecule is Cc1c2[nH]c(c1CCC(=O)O)/C=c1\[nH]/c(c(CCC(=O)O)c1C)=C\c1[nH]c(c(CCC(=O)O)c1C)/C=c1\[nH]/c(c(CCC(=O)O)c1C)=C\2. The number of fused-ring (bicyclic) bond motifs is 8. The molecule has 8 bridgehead atoms. The first-order valence-electron chi connectivity index (χ1n) is 15.8. The third kappa shape index (κ3) is 7.07. The molecule has 0 saturated heterocycles. The Kier molecular flexibility index (Phi) is 9.64. The lowest BCUT2D eigenvalue weighted by Crippen LogP contribution is -2.14. The molecule has 48 heavy (non-hydrogen) atoms. The van der Waals surface area contributed by atoms with Crippen molar-refractivity contribution in [3.63, 3.8) is 0 Å². The van der Waals surface area contributed by atoms with Gasteiger partial charge >= 0.3 is 23.9 Å². The van der Waals surface area contributed by atoms with Crippen molar-refractivity contribution in [2.45, 2.75) is 79.1 Å². The smallest absolute Gasteiger partial charge is 0.303 e. The molecular formula is C36H40N4O8. The fourth-order valence-electron chi connectivity index (χ4n) is 6.58. The molecule has 0 fully saturated rings. The number of nitrogens with one attached hydrogen (secondary N) is 4. The van der Waals surface area contributed by atoms with Gasteiger partial charge in [-0.2, -0.15) is 0 Å². The highest BCUT2D eigenvalue weighted by atomic mass is 16.4. The number of carboxylic acid groups (broad SMARTS) is 4. The summed E-state index contributed by atoms with van der Waals surface area (Å²) in [5.41, 5.74) is 9.64. The molecule has 12 nitrogen and oxygen atoms in total. The van der Waals surface area contributed by atoms with Crippen molar-refractivity contribution in [2.24, 2.45) is 0 Å². The summed E-state index contributed by atoms with van der Waals surface area (Å²) in [5.74, 6) is -3.69. The Hall–Kier alpha value is -5.52. The third-order valence-corrected chi connectivity index (χ3v) is 9.31. The number of hydrogen-bond acceptors (Lipinski definition) is 4. The van der Waals surface area contributed by atoms with Crippen molar-refractivity contribution < 1.29 is 39.6 Å². The Morgan fingerprint density at radius 2 is 0.708 bits per heavy atom. The summed E-state index contributed by atoms with van der Waals surface area (Å²) in [4.78, 5) is 60.3. The number of carbonyl (C=O) groups is 4. The van der Waals surface area contributed by atoms with Gasteiger partial charge in [-0.1, -0.05) is 0 Å². The lowest BCUT2D eigenvalue weighted by Gasteiger charge is -2.01. The van der Waals surface area contributed by atoms with Crippen LogP contribution < -0.4 is 21.4 Å². The van der Waals surface area contributed by atoms with Crippen LogP contribution in [0.3, 0.4) is 0 Å². The predicted octanol–water partition coefficient (Wildman–Crippen LogP) is 1.93. The Balaban J connectivity index is 1.89. The third-order valence-electron chi connectivity index (χ3n) is 9.31. The highest BCUT2D eigenvalue weighted by molar-refractivity contribution is 5.71. The van der Waals surface area contributed by atoms with Crippen LogP contribution in [0, 0.1) is 27.7 Å². The summed E-state index contributed by atoms with van der Waals surface area (Å²) in [5, 5.41) is 40.9. The van der Waals surface area contributed by atoms with Crippen molar-refractivity contribution in [2.75, 3.05) is 0 Å². The zero-order chi connectivity index (χ0) is 34.9. The molecule has 0 atom stereocenters. The normalized spacial score (nSPS) is 14.9. The van der Waals surface area contributed by atoms with E-state index >= 15 is 0 Å². The Labute approximate surface area is 275 Å². The van der Waals surface area contributed by atoms with Crippen LogP contribution in [-0.2, 0) is 44.9 Å². The van der Waals surface area contributed by atoms with Crippen LogP contribution in [0.1, 0.15) is 93.0 Å². The molecule has 0 amide bonds. The minimum absolute atomic E-state index is 0.0748. The van der Waals surface area contributed by atoms with Gasteiger partial charge in [-0.05, 0) is 122 Å². The zero-order valence-corrected chi connectivity index (χ0v) is 27.4. The molecule has 0 unspecified atom stereocenters. The van der Waals surface area contributed by atoms with E-state index in [1.54, 1.807) is 0 Å². The minimum Gasteiger partial charge on any atom is -0.481 e. The van der Waals surface area contributed by atoms with Gasteiger partial charge in [0, 0.05) is 69.9 Å². The second kappa shape index (κ2) is 13.7. The van der Waals surface area contributed by atoms with Crippen molar-refractivity contribution in [3.8, 4) is 0 Å². The standard InChI is InChI=1S/C36H40N4O8/c1-17-21(5-9-33(41)42)29-14-26-19(3)23(7-11-35(45)46)31(39-26)16-28-20(4)24(8-12-36(47)48)32(40-28)15-27-18(2)22(6-10-34(43)44)30(38-27)13-25(17)37-29/h13-16,37-40H,5-12H2,1-4H3,(H,41,42)(H,43,44)(H,45,46)(H,47,48)/b25-13-,26-14?,27-15?,28-16-,29-14-,30-13?,31-16?,32-15-. The van der Waals surface area contributed by atoms with Crippen LogP contribution in [0.2, 0.25) is 0 Å². The summed E-state index contributed by atoms with van der Waals surface area (Å²) in [6, 6.07) is 0. The Morgan fingerprint density at radius 1 is 0.417 bits per heavy atom. The average Bonchev–Trinajstić information content (AvgIpc) is 3.66. The van der Waals surface area contributed by atoms with E-state index in [2.05, 4.69) is 19.9 Å². The van der Waals surface area contributed by atoms with Crippen LogP contribution in [0.25, 0.3) is 24.3 Å².